The van der Waals surface area contributed by atoms with Crippen LogP contribution in [0.15, 0.2) is 53.4 Å². The van der Waals surface area contributed by atoms with Gasteiger partial charge in [0, 0.05) is 17.9 Å². The van der Waals surface area contributed by atoms with E-state index in [1.54, 1.807) is 6.92 Å². The lowest BCUT2D eigenvalue weighted by molar-refractivity contribution is -0.145. The molecule has 0 bridgehead atoms. The summed E-state index contributed by atoms with van der Waals surface area (Å²) < 4.78 is 27.8. The molecule has 1 atom stereocenters. The molecule has 0 saturated heterocycles. The largest absolute Gasteiger partial charge is 0.466 e. The SMILES string of the molecule is CCOC(=O)[C@H]1CCN(CC(=O)Nc2ccc(S(N)(=O)=O)cc2)c2ccccc21. The normalized spacial score (nSPS) is 16.1. The van der Waals surface area contributed by atoms with Crippen LogP contribution in [-0.2, 0) is 24.3 Å². The monoisotopic (exact) mass is 417 g/mol. The van der Waals surface area contributed by atoms with Crippen molar-refractivity contribution in [2.24, 2.45) is 5.14 Å². The molecular formula is C20H23N3O5S. The van der Waals surface area contributed by atoms with Gasteiger partial charge in [0.1, 0.15) is 0 Å². The molecule has 1 amide bonds. The molecule has 0 fully saturated rings. The maximum atomic E-state index is 12.5. The van der Waals surface area contributed by atoms with Gasteiger partial charge in [0.25, 0.3) is 0 Å². The lowest BCUT2D eigenvalue weighted by Crippen LogP contribution is -2.39. The van der Waals surface area contributed by atoms with Crippen molar-refractivity contribution in [3.05, 3.63) is 54.1 Å². The van der Waals surface area contributed by atoms with Gasteiger partial charge in [-0.25, -0.2) is 13.6 Å². The zero-order chi connectivity index (χ0) is 21.0. The number of fused-ring (bicyclic) bond motifs is 1. The molecule has 2 aromatic carbocycles. The Bertz CT molecular complexity index is 1010. The van der Waals surface area contributed by atoms with E-state index in [0.29, 0.717) is 25.3 Å². The molecule has 2 aromatic rings. The van der Waals surface area contributed by atoms with E-state index in [9.17, 15) is 18.0 Å². The van der Waals surface area contributed by atoms with Crippen molar-refractivity contribution >= 4 is 33.3 Å². The van der Waals surface area contributed by atoms with Crippen LogP contribution in [0.4, 0.5) is 11.4 Å². The Morgan fingerprint density at radius 3 is 2.52 bits per heavy atom. The van der Waals surface area contributed by atoms with E-state index in [2.05, 4.69) is 5.32 Å². The van der Waals surface area contributed by atoms with Crippen LogP contribution in [0, 0.1) is 0 Å². The smallest absolute Gasteiger partial charge is 0.313 e. The zero-order valence-electron chi connectivity index (χ0n) is 16.0. The Labute approximate surface area is 169 Å². The Morgan fingerprint density at radius 1 is 1.17 bits per heavy atom. The first-order chi connectivity index (χ1) is 13.8. The minimum atomic E-state index is -3.78. The Kier molecular flexibility index (Phi) is 6.19. The maximum absolute atomic E-state index is 12.5. The van der Waals surface area contributed by atoms with Crippen LogP contribution in [0.1, 0.15) is 24.8 Å². The van der Waals surface area contributed by atoms with E-state index in [0.717, 1.165) is 11.3 Å². The number of para-hydroxylation sites is 1. The molecule has 0 radical (unpaired) electrons. The molecule has 1 heterocycles. The van der Waals surface area contributed by atoms with Gasteiger partial charge in [-0.3, -0.25) is 9.59 Å². The summed E-state index contributed by atoms with van der Waals surface area (Å²) in [5.74, 6) is -0.840. The van der Waals surface area contributed by atoms with Crippen molar-refractivity contribution in [1.29, 1.82) is 0 Å². The van der Waals surface area contributed by atoms with Crippen molar-refractivity contribution in [1.82, 2.24) is 0 Å². The average molecular weight is 417 g/mol. The molecule has 0 aromatic heterocycles. The zero-order valence-corrected chi connectivity index (χ0v) is 16.8. The highest BCUT2D eigenvalue weighted by Crippen LogP contribution is 2.35. The van der Waals surface area contributed by atoms with E-state index in [1.165, 1.54) is 24.3 Å². The molecule has 29 heavy (non-hydrogen) atoms. The van der Waals surface area contributed by atoms with Crippen molar-refractivity contribution in [2.75, 3.05) is 29.9 Å². The third kappa shape index (κ3) is 4.93. The summed E-state index contributed by atoms with van der Waals surface area (Å²) in [5.41, 5.74) is 2.15. The maximum Gasteiger partial charge on any atom is 0.313 e. The third-order valence-electron chi connectivity index (χ3n) is 4.71. The molecule has 8 nitrogen and oxygen atoms in total. The number of nitrogens with one attached hydrogen (secondary N) is 1. The van der Waals surface area contributed by atoms with Crippen LogP contribution in [0.3, 0.4) is 0 Å². The topological polar surface area (TPSA) is 119 Å². The van der Waals surface area contributed by atoms with Crippen LogP contribution < -0.4 is 15.4 Å². The van der Waals surface area contributed by atoms with Crippen LogP contribution in [0.25, 0.3) is 0 Å². The van der Waals surface area contributed by atoms with Crippen molar-refractivity contribution in [3.8, 4) is 0 Å². The van der Waals surface area contributed by atoms with Crippen molar-refractivity contribution in [2.45, 2.75) is 24.2 Å². The fourth-order valence-electron chi connectivity index (χ4n) is 3.38. The van der Waals surface area contributed by atoms with Gasteiger partial charge in [-0.05, 0) is 49.2 Å². The number of hydrogen-bond donors (Lipinski definition) is 2. The molecule has 154 valence electrons. The average Bonchev–Trinajstić information content (AvgIpc) is 2.68. The van der Waals surface area contributed by atoms with Crippen molar-refractivity contribution < 1.29 is 22.7 Å². The molecule has 3 rings (SSSR count). The van der Waals surface area contributed by atoms with Gasteiger partial charge in [0.2, 0.25) is 15.9 Å². The standard InChI is InChI=1S/C20H23N3O5S/c1-2-28-20(25)17-11-12-23(18-6-4-3-5-16(17)18)13-19(24)22-14-7-9-15(10-8-14)29(21,26)27/h3-10,17H,2,11-13H2,1H3,(H,22,24)(H2,21,26,27)/t17-/m0/s1. The molecule has 0 unspecified atom stereocenters. The van der Waals surface area contributed by atoms with Gasteiger partial charge in [-0.2, -0.15) is 0 Å². The Hall–Kier alpha value is -2.91. The Morgan fingerprint density at radius 2 is 1.86 bits per heavy atom. The number of carbonyl (C=O) groups excluding carboxylic acids is 2. The first kappa shape index (κ1) is 20.8. The molecular weight excluding hydrogens is 394 g/mol. The minimum Gasteiger partial charge on any atom is -0.466 e. The number of hydrogen-bond acceptors (Lipinski definition) is 6. The van der Waals surface area contributed by atoms with Crippen LogP contribution >= 0.6 is 0 Å². The van der Waals surface area contributed by atoms with E-state index >= 15 is 0 Å². The molecule has 0 spiro atoms. The van der Waals surface area contributed by atoms with Crippen LogP contribution in [-0.4, -0.2) is 40.0 Å². The Balaban J connectivity index is 1.70. The molecule has 1 aliphatic rings. The van der Waals surface area contributed by atoms with E-state index < -0.39 is 10.0 Å². The number of nitrogens with two attached hydrogens (primary N) is 1. The van der Waals surface area contributed by atoms with Gasteiger partial charge in [-0.15, -0.1) is 0 Å². The summed E-state index contributed by atoms with van der Waals surface area (Å²) in [5, 5.41) is 7.82. The number of ether oxygens (including phenoxy) is 1. The van der Waals surface area contributed by atoms with Gasteiger partial charge in [0.15, 0.2) is 0 Å². The number of carbonyl (C=O) groups is 2. The van der Waals surface area contributed by atoms with E-state index in [4.69, 9.17) is 9.88 Å². The molecule has 0 saturated carbocycles. The number of anilines is 2. The van der Waals surface area contributed by atoms with Crippen LogP contribution in [0.2, 0.25) is 0 Å². The second-order valence-electron chi connectivity index (χ2n) is 6.69. The number of amides is 1. The third-order valence-corrected chi connectivity index (χ3v) is 5.64. The number of rotatable bonds is 6. The van der Waals surface area contributed by atoms with Gasteiger partial charge in [-0.1, -0.05) is 18.2 Å². The summed E-state index contributed by atoms with van der Waals surface area (Å²) in [6, 6.07) is 13.1. The number of primary sulfonamides is 1. The lowest BCUT2D eigenvalue weighted by atomic mass is 9.90. The molecule has 1 aliphatic heterocycles. The van der Waals surface area contributed by atoms with Crippen molar-refractivity contribution in [3.63, 3.8) is 0 Å². The highest BCUT2D eigenvalue weighted by molar-refractivity contribution is 7.89. The van der Waals surface area contributed by atoms with E-state index in [1.807, 2.05) is 29.2 Å². The second kappa shape index (κ2) is 8.62. The fraction of sp³-hybridized carbons (Fsp3) is 0.300. The summed E-state index contributed by atoms with van der Waals surface area (Å²) in [4.78, 5) is 26.7. The summed E-state index contributed by atoms with van der Waals surface area (Å²) in [6.07, 6.45) is 0.562. The lowest BCUT2D eigenvalue weighted by Gasteiger charge is -2.34. The summed E-state index contributed by atoms with van der Waals surface area (Å²) in [6.45, 7) is 2.74. The number of esters is 1. The molecule has 9 heteroatoms. The number of nitrogens with zero attached hydrogens (tertiary/aromatic N) is 1. The first-order valence-electron chi connectivity index (χ1n) is 9.23. The first-order valence-corrected chi connectivity index (χ1v) is 10.8. The van der Waals surface area contributed by atoms with Gasteiger partial charge >= 0.3 is 5.97 Å². The number of sulfonamides is 1. The molecule has 0 aliphatic carbocycles. The highest BCUT2D eigenvalue weighted by atomic mass is 32.2. The van der Waals surface area contributed by atoms with Gasteiger partial charge < -0.3 is 15.0 Å². The molecule has 3 N–H and O–H groups in total. The highest BCUT2D eigenvalue weighted by Gasteiger charge is 2.31. The van der Waals surface area contributed by atoms with Crippen LogP contribution in [0.5, 0.6) is 0 Å². The summed E-state index contributed by atoms with van der Waals surface area (Å²) in [7, 11) is -3.78. The predicted octanol–water partition coefficient (Wildman–Crippen LogP) is 1.83. The predicted molar refractivity (Wildman–Crippen MR) is 109 cm³/mol. The number of benzene rings is 2. The summed E-state index contributed by atoms with van der Waals surface area (Å²) >= 11 is 0. The quantitative estimate of drug-likeness (QED) is 0.692. The van der Waals surface area contributed by atoms with E-state index in [-0.39, 0.29) is 29.2 Å². The fourth-order valence-corrected chi connectivity index (χ4v) is 3.90. The van der Waals surface area contributed by atoms with Gasteiger partial charge in [0.05, 0.1) is 24.0 Å². The second-order valence-corrected chi connectivity index (χ2v) is 8.25. The minimum absolute atomic E-state index is 0.0227.